The van der Waals surface area contributed by atoms with E-state index in [0.717, 1.165) is 25.7 Å². The molecule has 0 unspecified atom stereocenters. The Morgan fingerprint density at radius 3 is 2.22 bits per heavy atom. The monoisotopic (exact) mass is 256 g/mol. The Labute approximate surface area is 108 Å². The van der Waals surface area contributed by atoms with Gasteiger partial charge in [0.25, 0.3) is 0 Å². The number of nitrogens with two attached hydrogens (primary N) is 1. The van der Waals surface area contributed by atoms with E-state index in [1.807, 2.05) is 0 Å². The van der Waals surface area contributed by atoms with Crippen molar-refractivity contribution in [1.82, 2.24) is 5.32 Å². The maximum Gasteiger partial charge on any atom is 0.326 e. The van der Waals surface area contributed by atoms with E-state index in [9.17, 15) is 9.59 Å². The van der Waals surface area contributed by atoms with Crippen LogP contribution in [0.3, 0.4) is 0 Å². The number of carboxylic acids is 1. The van der Waals surface area contributed by atoms with Crippen LogP contribution in [0.25, 0.3) is 0 Å². The highest BCUT2D eigenvalue weighted by Gasteiger charge is 2.30. The first-order valence-corrected chi connectivity index (χ1v) is 6.69. The van der Waals surface area contributed by atoms with Crippen LogP contribution in [-0.4, -0.2) is 29.6 Å². The first-order valence-electron chi connectivity index (χ1n) is 6.69. The van der Waals surface area contributed by atoms with Crippen molar-refractivity contribution in [2.45, 2.75) is 45.6 Å². The fourth-order valence-corrected chi connectivity index (χ4v) is 2.45. The predicted molar refractivity (Wildman–Crippen MR) is 68.9 cm³/mol. The average Bonchev–Trinajstić information content (AvgIpc) is 2.35. The number of nitrogens with one attached hydrogen (secondary N) is 1. The molecule has 0 heterocycles. The molecule has 1 fully saturated rings. The fourth-order valence-electron chi connectivity index (χ4n) is 2.45. The van der Waals surface area contributed by atoms with Crippen molar-refractivity contribution in [3.8, 4) is 0 Å². The van der Waals surface area contributed by atoms with Gasteiger partial charge in [0.1, 0.15) is 6.04 Å². The minimum Gasteiger partial charge on any atom is -0.480 e. The Balaban J connectivity index is 2.48. The fraction of sp³-hybridized carbons (Fsp3) is 0.846. The van der Waals surface area contributed by atoms with Crippen LogP contribution >= 0.6 is 0 Å². The molecule has 4 N–H and O–H groups in total. The summed E-state index contributed by atoms with van der Waals surface area (Å²) >= 11 is 0. The molecule has 1 saturated carbocycles. The molecule has 0 saturated heterocycles. The summed E-state index contributed by atoms with van der Waals surface area (Å²) in [6.45, 7) is 4.27. The zero-order valence-electron chi connectivity index (χ0n) is 11.2. The maximum atomic E-state index is 12.0. The molecule has 1 amide bonds. The Morgan fingerprint density at radius 1 is 1.28 bits per heavy atom. The Bertz CT molecular complexity index is 297. The van der Waals surface area contributed by atoms with Crippen molar-refractivity contribution in [2.24, 2.45) is 23.5 Å². The van der Waals surface area contributed by atoms with E-state index in [-0.39, 0.29) is 17.7 Å². The molecule has 1 atom stereocenters. The molecule has 0 aliphatic heterocycles. The summed E-state index contributed by atoms with van der Waals surface area (Å²) in [4.78, 5) is 23.0. The quantitative estimate of drug-likeness (QED) is 0.683. The van der Waals surface area contributed by atoms with Gasteiger partial charge in [0.15, 0.2) is 0 Å². The average molecular weight is 256 g/mol. The highest BCUT2D eigenvalue weighted by molar-refractivity contribution is 5.85. The standard InChI is InChI=1S/C13H24N2O3/c1-8(2)11(13(17)18)15-12(16)10-5-3-9(7-14)4-6-10/h8-11H,3-7,14H2,1-2H3,(H,15,16)(H,17,18)/t9?,10?,11-/m0/s1. The zero-order chi connectivity index (χ0) is 13.7. The molecule has 0 spiro atoms. The van der Waals surface area contributed by atoms with Crippen LogP contribution in [0.15, 0.2) is 0 Å². The number of carboxylic acid groups (broad SMARTS) is 1. The van der Waals surface area contributed by atoms with E-state index in [4.69, 9.17) is 10.8 Å². The van der Waals surface area contributed by atoms with Gasteiger partial charge in [0.2, 0.25) is 5.91 Å². The third kappa shape index (κ3) is 3.98. The summed E-state index contributed by atoms with van der Waals surface area (Å²) in [5, 5.41) is 11.7. The lowest BCUT2D eigenvalue weighted by molar-refractivity contribution is -0.144. The Morgan fingerprint density at radius 2 is 1.83 bits per heavy atom. The second-order valence-electron chi connectivity index (χ2n) is 5.52. The van der Waals surface area contributed by atoms with Gasteiger partial charge in [-0.2, -0.15) is 0 Å². The minimum atomic E-state index is -0.964. The molecule has 1 rings (SSSR count). The summed E-state index contributed by atoms with van der Waals surface area (Å²) in [5.74, 6) is -0.713. The second kappa shape index (κ2) is 6.73. The predicted octanol–water partition coefficient (Wildman–Crippen LogP) is 0.977. The van der Waals surface area contributed by atoms with Crippen LogP contribution in [0.1, 0.15) is 39.5 Å². The molecule has 1 aliphatic rings. The zero-order valence-corrected chi connectivity index (χ0v) is 11.2. The SMILES string of the molecule is CC(C)[C@H](NC(=O)C1CCC(CN)CC1)C(=O)O. The van der Waals surface area contributed by atoms with Gasteiger partial charge in [0.05, 0.1) is 0 Å². The molecule has 5 nitrogen and oxygen atoms in total. The van der Waals surface area contributed by atoms with Crippen LogP contribution in [0.4, 0.5) is 0 Å². The first kappa shape index (κ1) is 15.0. The number of carbonyl (C=O) groups excluding carboxylic acids is 1. The van der Waals surface area contributed by atoms with Gasteiger partial charge in [-0.3, -0.25) is 4.79 Å². The minimum absolute atomic E-state index is 0.0478. The maximum absolute atomic E-state index is 12.0. The number of amides is 1. The lowest BCUT2D eigenvalue weighted by atomic mass is 9.81. The lowest BCUT2D eigenvalue weighted by Crippen LogP contribution is -2.47. The molecular formula is C13H24N2O3. The molecule has 0 aromatic heterocycles. The molecule has 0 bridgehead atoms. The van der Waals surface area contributed by atoms with Gasteiger partial charge >= 0.3 is 5.97 Å². The van der Waals surface area contributed by atoms with Gasteiger partial charge in [0, 0.05) is 5.92 Å². The largest absolute Gasteiger partial charge is 0.480 e. The van der Waals surface area contributed by atoms with E-state index < -0.39 is 12.0 Å². The van der Waals surface area contributed by atoms with E-state index in [2.05, 4.69) is 5.32 Å². The van der Waals surface area contributed by atoms with Gasteiger partial charge in [-0.05, 0) is 44.1 Å². The Kier molecular flexibility index (Phi) is 5.59. The van der Waals surface area contributed by atoms with E-state index in [1.165, 1.54) is 0 Å². The Hall–Kier alpha value is -1.10. The van der Waals surface area contributed by atoms with Gasteiger partial charge in [-0.1, -0.05) is 13.8 Å². The highest BCUT2D eigenvalue weighted by atomic mass is 16.4. The molecule has 1 aliphatic carbocycles. The highest BCUT2D eigenvalue weighted by Crippen LogP contribution is 2.28. The van der Waals surface area contributed by atoms with E-state index >= 15 is 0 Å². The van der Waals surface area contributed by atoms with Crippen LogP contribution in [0.2, 0.25) is 0 Å². The third-order valence-corrected chi connectivity index (χ3v) is 3.78. The van der Waals surface area contributed by atoms with Crippen LogP contribution in [0.5, 0.6) is 0 Å². The lowest BCUT2D eigenvalue weighted by Gasteiger charge is -2.28. The molecule has 0 aromatic rings. The summed E-state index contributed by atoms with van der Waals surface area (Å²) < 4.78 is 0. The third-order valence-electron chi connectivity index (χ3n) is 3.78. The van der Waals surface area contributed by atoms with Crippen LogP contribution in [0, 0.1) is 17.8 Å². The van der Waals surface area contributed by atoms with Gasteiger partial charge in [-0.25, -0.2) is 4.79 Å². The van der Waals surface area contributed by atoms with Crippen molar-refractivity contribution in [3.05, 3.63) is 0 Å². The normalized spacial score (nSPS) is 25.8. The molecule has 18 heavy (non-hydrogen) atoms. The van der Waals surface area contributed by atoms with E-state index in [1.54, 1.807) is 13.8 Å². The van der Waals surface area contributed by atoms with E-state index in [0.29, 0.717) is 12.5 Å². The molecule has 0 aromatic carbocycles. The van der Waals surface area contributed by atoms with Crippen molar-refractivity contribution >= 4 is 11.9 Å². The van der Waals surface area contributed by atoms with Gasteiger partial charge < -0.3 is 16.2 Å². The number of rotatable bonds is 5. The molecule has 104 valence electrons. The number of aliphatic carboxylic acids is 1. The van der Waals surface area contributed by atoms with Crippen molar-refractivity contribution < 1.29 is 14.7 Å². The summed E-state index contributed by atoms with van der Waals surface area (Å²) in [7, 11) is 0. The van der Waals surface area contributed by atoms with Crippen LogP contribution in [-0.2, 0) is 9.59 Å². The molecule has 5 heteroatoms. The number of hydrogen-bond acceptors (Lipinski definition) is 3. The molecule has 0 radical (unpaired) electrons. The van der Waals surface area contributed by atoms with Crippen molar-refractivity contribution in [3.63, 3.8) is 0 Å². The van der Waals surface area contributed by atoms with Crippen molar-refractivity contribution in [2.75, 3.05) is 6.54 Å². The molecular weight excluding hydrogens is 232 g/mol. The number of hydrogen-bond donors (Lipinski definition) is 3. The van der Waals surface area contributed by atoms with Gasteiger partial charge in [-0.15, -0.1) is 0 Å². The summed E-state index contributed by atoms with van der Waals surface area (Å²) in [6.07, 6.45) is 3.57. The summed E-state index contributed by atoms with van der Waals surface area (Å²) in [5.41, 5.74) is 5.61. The smallest absolute Gasteiger partial charge is 0.326 e. The number of carbonyl (C=O) groups is 2. The summed E-state index contributed by atoms with van der Waals surface area (Å²) in [6, 6.07) is -0.787. The first-order chi connectivity index (χ1) is 8.45. The van der Waals surface area contributed by atoms with Crippen molar-refractivity contribution in [1.29, 1.82) is 0 Å². The second-order valence-corrected chi connectivity index (χ2v) is 5.52. The van der Waals surface area contributed by atoms with Crippen LogP contribution < -0.4 is 11.1 Å². The topological polar surface area (TPSA) is 92.4 Å².